The lowest BCUT2D eigenvalue weighted by molar-refractivity contribution is 0.0539. The number of hydrogen-bond donors (Lipinski definition) is 3. The van der Waals surface area contributed by atoms with Gasteiger partial charge < -0.3 is 15.5 Å². The van der Waals surface area contributed by atoms with Crippen molar-refractivity contribution in [1.29, 1.82) is 0 Å². The van der Waals surface area contributed by atoms with Crippen molar-refractivity contribution in [3.8, 4) is 11.1 Å². The maximum atomic E-state index is 13.7. The highest BCUT2D eigenvalue weighted by molar-refractivity contribution is 5.86. The quantitative estimate of drug-likeness (QED) is 0.539. The number of fused-ring (bicyclic) bond motifs is 1. The van der Waals surface area contributed by atoms with Gasteiger partial charge in [-0.3, -0.25) is 9.36 Å². The molecule has 32 heavy (non-hydrogen) atoms. The molecule has 0 unspecified atom stereocenters. The van der Waals surface area contributed by atoms with E-state index in [1.54, 1.807) is 19.1 Å². The molecule has 0 radical (unpaired) electrons. The number of nitrogens with zero attached hydrogens (tertiary/aromatic N) is 2. The van der Waals surface area contributed by atoms with Gasteiger partial charge in [0.1, 0.15) is 0 Å². The van der Waals surface area contributed by atoms with Crippen molar-refractivity contribution in [3.63, 3.8) is 0 Å². The van der Waals surface area contributed by atoms with Gasteiger partial charge in [0.2, 0.25) is 0 Å². The number of aromatic nitrogens is 2. The predicted molar refractivity (Wildman–Crippen MR) is 121 cm³/mol. The Kier molecular flexibility index (Phi) is 7.61. The third kappa shape index (κ3) is 4.99. The Morgan fingerprint density at radius 2 is 2.00 bits per heavy atom. The van der Waals surface area contributed by atoms with Crippen LogP contribution >= 0.6 is 12.4 Å². The number of halogens is 3. The number of benzene rings is 2. The van der Waals surface area contributed by atoms with Crippen molar-refractivity contribution in [2.45, 2.75) is 51.0 Å². The molecule has 9 heteroatoms. The standard InChI is InChI=1S/C23H25F2N3O3.ClH/c1-13-7-15(14-4-5-18(24)19(25)9-14)8-17-22(13)27-12-28(23(17)31)11-16(29)10-20-21(30)3-2-6-26-20;/h4-5,7-9,12,16,20-21,26,29-30H,2-3,6,10-11H2,1H3;1H/t16-,20+,21-;/m0./s1. The molecule has 1 saturated heterocycles. The molecule has 3 N–H and O–H groups in total. The molecule has 0 aliphatic carbocycles. The zero-order valence-corrected chi connectivity index (χ0v) is 18.4. The van der Waals surface area contributed by atoms with Crippen LogP contribution in [-0.2, 0) is 6.54 Å². The van der Waals surface area contributed by atoms with Crippen LogP contribution in [0.5, 0.6) is 0 Å². The average molecular weight is 466 g/mol. The molecule has 3 aromatic rings. The van der Waals surface area contributed by atoms with E-state index in [2.05, 4.69) is 10.3 Å². The van der Waals surface area contributed by atoms with E-state index in [-0.39, 0.29) is 30.6 Å². The molecule has 2 aromatic carbocycles. The monoisotopic (exact) mass is 465 g/mol. The molecule has 2 heterocycles. The summed E-state index contributed by atoms with van der Waals surface area (Å²) in [4.78, 5) is 17.5. The maximum Gasteiger partial charge on any atom is 0.261 e. The lowest BCUT2D eigenvalue weighted by atomic mass is 9.96. The van der Waals surface area contributed by atoms with E-state index in [0.717, 1.165) is 30.7 Å². The molecule has 0 bridgehead atoms. The van der Waals surface area contributed by atoms with Gasteiger partial charge in [0.15, 0.2) is 11.6 Å². The second kappa shape index (κ2) is 10.0. The van der Waals surface area contributed by atoms with E-state index in [9.17, 15) is 23.8 Å². The van der Waals surface area contributed by atoms with E-state index >= 15 is 0 Å². The van der Waals surface area contributed by atoms with Gasteiger partial charge in [-0.15, -0.1) is 12.4 Å². The Morgan fingerprint density at radius 3 is 2.72 bits per heavy atom. The SMILES string of the molecule is Cc1cc(-c2ccc(F)c(F)c2)cc2c(=O)n(C[C@@H](O)C[C@H]3NCCC[C@@H]3O)cnc12.Cl. The van der Waals surface area contributed by atoms with Gasteiger partial charge >= 0.3 is 0 Å². The normalized spacial score (nSPS) is 19.5. The Bertz CT molecular complexity index is 1170. The summed E-state index contributed by atoms with van der Waals surface area (Å²) in [5.41, 5.74) is 1.96. The molecule has 0 saturated carbocycles. The molecular weight excluding hydrogens is 440 g/mol. The highest BCUT2D eigenvalue weighted by atomic mass is 35.5. The van der Waals surface area contributed by atoms with Crippen LogP contribution in [0.3, 0.4) is 0 Å². The van der Waals surface area contributed by atoms with Crippen LogP contribution in [-0.4, -0.2) is 44.6 Å². The number of nitrogens with one attached hydrogen (secondary N) is 1. The molecule has 3 atom stereocenters. The first-order valence-corrected chi connectivity index (χ1v) is 10.4. The minimum atomic E-state index is -0.958. The van der Waals surface area contributed by atoms with E-state index in [1.807, 2.05) is 0 Å². The Morgan fingerprint density at radius 1 is 1.22 bits per heavy atom. The number of aliphatic hydroxyl groups excluding tert-OH is 2. The topological polar surface area (TPSA) is 87.4 Å². The smallest absolute Gasteiger partial charge is 0.261 e. The molecule has 1 fully saturated rings. The second-order valence-corrected chi connectivity index (χ2v) is 8.18. The Balaban J connectivity index is 0.00000289. The fourth-order valence-electron chi connectivity index (χ4n) is 4.19. The second-order valence-electron chi connectivity index (χ2n) is 8.18. The van der Waals surface area contributed by atoms with Crippen LogP contribution in [0.25, 0.3) is 22.0 Å². The van der Waals surface area contributed by atoms with Gasteiger partial charge in [0.05, 0.1) is 36.0 Å². The average Bonchev–Trinajstić information content (AvgIpc) is 2.74. The molecule has 0 amide bonds. The molecule has 0 spiro atoms. The van der Waals surface area contributed by atoms with Gasteiger partial charge in [-0.05, 0) is 73.7 Å². The first-order valence-electron chi connectivity index (χ1n) is 10.4. The maximum absolute atomic E-state index is 13.7. The van der Waals surface area contributed by atoms with Crippen molar-refractivity contribution < 1.29 is 19.0 Å². The van der Waals surface area contributed by atoms with E-state index in [4.69, 9.17) is 0 Å². The van der Waals surface area contributed by atoms with Gasteiger partial charge in [-0.25, -0.2) is 13.8 Å². The van der Waals surface area contributed by atoms with Gasteiger partial charge in [-0.2, -0.15) is 0 Å². The Hall–Kier alpha value is -2.39. The Labute approximate surface area is 190 Å². The lowest BCUT2D eigenvalue weighted by Gasteiger charge is -2.30. The van der Waals surface area contributed by atoms with Crippen LogP contribution in [0.4, 0.5) is 8.78 Å². The number of aliphatic hydroxyl groups is 2. The first kappa shape index (κ1) is 24.3. The van der Waals surface area contributed by atoms with Crippen LogP contribution in [0.2, 0.25) is 0 Å². The zero-order chi connectivity index (χ0) is 22.1. The summed E-state index contributed by atoms with van der Waals surface area (Å²) in [6, 6.07) is 6.78. The summed E-state index contributed by atoms with van der Waals surface area (Å²) in [6.45, 7) is 2.63. The van der Waals surface area contributed by atoms with Crippen molar-refractivity contribution in [2.75, 3.05) is 6.54 Å². The molecule has 172 valence electrons. The van der Waals surface area contributed by atoms with Crippen LogP contribution in [0, 0.1) is 18.6 Å². The number of hydrogen-bond acceptors (Lipinski definition) is 5. The van der Waals surface area contributed by atoms with Gasteiger partial charge in [0.25, 0.3) is 5.56 Å². The number of piperidine rings is 1. The molecule has 4 rings (SSSR count). The van der Waals surface area contributed by atoms with Crippen LogP contribution < -0.4 is 10.9 Å². The molecule has 1 aliphatic rings. The summed E-state index contributed by atoms with van der Waals surface area (Å²) < 4.78 is 28.3. The third-order valence-corrected chi connectivity index (χ3v) is 5.85. The van der Waals surface area contributed by atoms with Crippen LogP contribution in [0.1, 0.15) is 24.8 Å². The highest BCUT2D eigenvalue weighted by Crippen LogP contribution is 2.26. The van der Waals surface area contributed by atoms with Crippen molar-refractivity contribution in [2.24, 2.45) is 0 Å². The molecular formula is C23H26ClF2N3O3. The summed E-state index contributed by atoms with van der Waals surface area (Å²) in [5.74, 6) is -1.89. The molecule has 6 nitrogen and oxygen atoms in total. The van der Waals surface area contributed by atoms with Crippen LogP contribution in [0.15, 0.2) is 41.5 Å². The lowest BCUT2D eigenvalue weighted by Crippen LogP contribution is -2.47. The van der Waals surface area contributed by atoms with Crippen molar-refractivity contribution in [3.05, 3.63) is 64.2 Å². The molecule has 1 aliphatic heterocycles. The van der Waals surface area contributed by atoms with E-state index < -0.39 is 23.8 Å². The highest BCUT2D eigenvalue weighted by Gasteiger charge is 2.25. The summed E-state index contributed by atoms with van der Waals surface area (Å²) in [5, 5.41) is 24.1. The first-order chi connectivity index (χ1) is 14.8. The number of aryl methyl sites for hydroxylation is 1. The van der Waals surface area contributed by atoms with E-state index in [0.29, 0.717) is 34.9 Å². The third-order valence-electron chi connectivity index (χ3n) is 5.85. The zero-order valence-electron chi connectivity index (χ0n) is 17.6. The minimum absolute atomic E-state index is 0. The fourth-order valence-corrected chi connectivity index (χ4v) is 4.19. The fraction of sp³-hybridized carbons (Fsp3) is 0.391. The predicted octanol–water partition coefficient (Wildman–Crippen LogP) is 2.94. The number of rotatable bonds is 5. The largest absolute Gasteiger partial charge is 0.392 e. The molecule has 1 aromatic heterocycles. The van der Waals surface area contributed by atoms with Gasteiger partial charge in [-0.1, -0.05) is 6.07 Å². The minimum Gasteiger partial charge on any atom is -0.392 e. The summed E-state index contributed by atoms with van der Waals surface area (Å²) >= 11 is 0. The van der Waals surface area contributed by atoms with E-state index in [1.165, 1.54) is 17.0 Å². The summed E-state index contributed by atoms with van der Waals surface area (Å²) in [6.07, 6.45) is 1.95. The summed E-state index contributed by atoms with van der Waals surface area (Å²) in [7, 11) is 0. The van der Waals surface area contributed by atoms with Gasteiger partial charge in [0, 0.05) is 6.04 Å². The van der Waals surface area contributed by atoms with Crippen molar-refractivity contribution in [1.82, 2.24) is 14.9 Å². The van der Waals surface area contributed by atoms with Crippen molar-refractivity contribution >= 4 is 23.3 Å².